The molecule has 0 aliphatic heterocycles. The first-order valence-electron chi connectivity index (χ1n) is 7.30. The van der Waals surface area contributed by atoms with Gasteiger partial charge in [0.25, 0.3) is 0 Å². The van der Waals surface area contributed by atoms with E-state index in [1.165, 1.54) is 23.3 Å². The minimum atomic E-state index is -0.195. The molecule has 0 aliphatic rings. The fourth-order valence-electron chi connectivity index (χ4n) is 2.42. The van der Waals surface area contributed by atoms with Crippen molar-refractivity contribution in [1.82, 2.24) is 5.32 Å². The number of nitrogens with zero attached hydrogens (tertiary/aromatic N) is 1. The van der Waals surface area contributed by atoms with Crippen LogP contribution in [0.1, 0.15) is 23.6 Å². The van der Waals surface area contributed by atoms with Gasteiger partial charge in [0.05, 0.1) is 0 Å². The third kappa shape index (κ3) is 4.30. The molecule has 0 aliphatic carbocycles. The predicted molar refractivity (Wildman–Crippen MR) is 87.3 cm³/mol. The zero-order valence-corrected chi connectivity index (χ0v) is 12.9. The third-order valence-electron chi connectivity index (χ3n) is 3.85. The molecule has 0 bridgehead atoms. The van der Waals surface area contributed by atoms with Crippen molar-refractivity contribution in [2.24, 2.45) is 0 Å². The van der Waals surface area contributed by atoms with Crippen molar-refractivity contribution in [3.05, 3.63) is 65.5 Å². The first kappa shape index (κ1) is 15.5. The monoisotopic (exact) mass is 286 g/mol. The molecule has 0 saturated heterocycles. The van der Waals surface area contributed by atoms with Gasteiger partial charge in [-0.25, -0.2) is 4.39 Å². The van der Waals surface area contributed by atoms with Gasteiger partial charge in [0.2, 0.25) is 0 Å². The van der Waals surface area contributed by atoms with Gasteiger partial charge >= 0.3 is 0 Å². The number of hydrogen-bond donors (Lipinski definition) is 1. The highest BCUT2D eigenvalue weighted by Gasteiger charge is 2.10. The Hall–Kier alpha value is -1.87. The molecule has 21 heavy (non-hydrogen) atoms. The number of anilines is 1. The van der Waals surface area contributed by atoms with Gasteiger partial charge in [-0.2, -0.15) is 0 Å². The van der Waals surface area contributed by atoms with Crippen molar-refractivity contribution in [2.45, 2.75) is 19.4 Å². The summed E-state index contributed by atoms with van der Waals surface area (Å²) in [6, 6.07) is 15.6. The fraction of sp³-hybridized carbons (Fsp3) is 0.333. The smallest absolute Gasteiger partial charge is 0.123 e. The maximum atomic E-state index is 12.9. The Morgan fingerprint density at radius 3 is 2.24 bits per heavy atom. The van der Waals surface area contributed by atoms with Crippen LogP contribution >= 0.6 is 0 Å². The van der Waals surface area contributed by atoms with Gasteiger partial charge < -0.3 is 10.2 Å². The van der Waals surface area contributed by atoms with Crippen LogP contribution in [0.3, 0.4) is 0 Å². The van der Waals surface area contributed by atoms with E-state index in [0.29, 0.717) is 6.04 Å². The standard InChI is InChI=1S/C18H23FN2/c1-14-4-6-15(7-5-14)18(20-2)12-13-21(3)17-10-8-16(19)9-11-17/h4-11,18,20H,12-13H2,1-3H3. The van der Waals surface area contributed by atoms with Crippen LogP contribution < -0.4 is 10.2 Å². The first-order valence-corrected chi connectivity index (χ1v) is 7.30. The van der Waals surface area contributed by atoms with E-state index in [1.807, 2.05) is 26.2 Å². The summed E-state index contributed by atoms with van der Waals surface area (Å²) in [4.78, 5) is 2.15. The van der Waals surface area contributed by atoms with Crippen molar-refractivity contribution in [2.75, 3.05) is 25.5 Å². The molecule has 112 valence electrons. The number of aryl methyl sites for hydroxylation is 1. The number of rotatable bonds is 6. The average molecular weight is 286 g/mol. The Morgan fingerprint density at radius 1 is 1.05 bits per heavy atom. The number of halogens is 1. The van der Waals surface area contributed by atoms with Crippen LogP contribution in [0.25, 0.3) is 0 Å². The lowest BCUT2D eigenvalue weighted by Crippen LogP contribution is -2.25. The second kappa shape index (κ2) is 7.23. The molecule has 1 unspecified atom stereocenters. The van der Waals surface area contributed by atoms with Gasteiger partial charge in [0, 0.05) is 25.3 Å². The van der Waals surface area contributed by atoms with Crippen LogP contribution in [0.5, 0.6) is 0 Å². The molecule has 1 atom stereocenters. The summed E-state index contributed by atoms with van der Waals surface area (Å²) in [6.45, 7) is 3.01. The molecule has 2 aromatic carbocycles. The Labute approximate surface area is 126 Å². The van der Waals surface area contributed by atoms with Crippen molar-refractivity contribution >= 4 is 5.69 Å². The van der Waals surface area contributed by atoms with E-state index in [-0.39, 0.29) is 5.82 Å². The second-order valence-electron chi connectivity index (χ2n) is 5.44. The van der Waals surface area contributed by atoms with Crippen LogP contribution in [0.4, 0.5) is 10.1 Å². The molecule has 0 heterocycles. The minimum Gasteiger partial charge on any atom is -0.375 e. The lowest BCUT2D eigenvalue weighted by molar-refractivity contribution is 0.549. The summed E-state index contributed by atoms with van der Waals surface area (Å²) < 4.78 is 12.9. The Morgan fingerprint density at radius 2 is 1.67 bits per heavy atom. The lowest BCUT2D eigenvalue weighted by Gasteiger charge is -2.23. The zero-order valence-electron chi connectivity index (χ0n) is 12.9. The Kier molecular flexibility index (Phi) is 5.34. The molecule has 2 nitrogen and oxygen atoms in total. The molecule has 0 spiro atoms. The number of benzene rings is 2. The normalized spacial score (nSPS) is 12.2. The topological polar surface area (TPSA) is 15.3 Å². The lowest BCUT2D eigenvalue weighted by atomic mass is 10.0. The molecule has 0 amide bonds. The van der Waals surface area contributed by atoms with E-state index in [1.54, 1.807) is 0 Å². The summed E-state index contributed by atoms with van der Waals surface area (Å²) in [5, 5.41) is 3.37. The molecule has 0 saturated carbocycles. The highest BCUT2D eigenvalue weighted by atomic mass is 19.1. The zero-order chi connectivity index (χ0) is 15.2. The van der Waals surface area contributed by atoms with Gasteiger partial charge in [-0.05, 0) is 50.2 Å². The number of hydrogen-bond acceptors (Lipinski definition) is 2. The van der Waals surface area contributed by atoms with Gasteiger partial charge in [-0.3, -0.25) is 0 Å². The van der Waals surface area contributed by atoms with E-state index < -0.39 is 0 Å². The minimum absolute atomic E-state index is 0.195. The molecule has 2 rings (SSSR count). The van der Waals surface area contributed by atoms with E-state index in [4.69, 9.17) is 0 Å². The molecule has 1 N–H and O–H groups in total. The molecule has 3 heteroatoms. The second-order valence-corrected chi connectivity index (χ2v) is 5.44. The Balaban J connectivity index is 1.96. The largest absolute Gasteiger partial charge is 0.375 e. The number of nitrogens with one attached hydrogen (secondary N) is 1. The molecule has 0 radical (unpaired) electrons. The molecule has 0 fully saturated rings. The first-order chi connectivity index (χ1) is 10.1. The average Bonchev–Trinajstić information content (AvgIpc) is 2.50. The third-order valence-corrected chi connectivity index (χ3v) is 3.85. The maximum absolute atomic E-state index is 12.9. The molecule has 2 aromatic rings. The quantitative estimate of drug-likeness (QED) is 0.866. The summed E-state index contributed by atoms with van der Waals surface area (Å²) >= 11 is 0. The van der Waals surface area contributed by atoms with E-state index >= 15 is 0 Å². The van der Waals surface area contributed by atoms with Crippen LogP contribution in [0.2, 0.25) is 0 Å². The molecular formula is C18H23FN2. The summed E-state index contributed by atoms with van der Waals surface area (Å²) in [7, 11) is 4.03. The fourth-order valence-corrected chi connectivity index (χ4v) is 2.42. The van der Waals surface area contributed by atoms with Gasteiger partial charge in [0.15, 0.2) is 0 Å². The van der Waals surface area contributed by atoms with E-state index in [9.17, 15) is 4.39 Å². The summed E-state index contributed by atoms with van der Waals surface area (Å²) in [5.74, 6) is -0.195. The van der Waals surface area contributed by atoms with E-state index in [0.717, 1.165) is 18.7 Å². The molecular weight excluding hydrogens is 263 g/mol. The Bertz CT molecular complexity index is 548. The summed E-state index contributed by atoms with van der Waals surface area (Å²) in [6.07, 6.45) is 0.993. The summed E-state index contributed by atoms with van der Waals surface area (Å²) in [5.41, 5.74) is 3.61. The highest BCUT2D eigenvalue weighted by Crippen LogP contribution is 2.19. The van der Waals surface area contributed by atoms with E-state index in [2.05, 4.69) is 41.4 Å². The van der Waals surface area contributed by atoms with Crippen molar-refractivity contribution in [1.29, 1.82) is 0 Å². The predicted octanol–water partition coefficient (Wildman–Crippen LogP) is 3.92. The van der Waals surface area contributed by atoms with Crippen molar-refractivity contribution in [3.8, 4) is 0 Å². The van der Waals surface area contributed by atoms with Gasteiger partial charge in [0.1, 0.15) is 5.82 Å². The highest BCUT2D eigenvalue weighted by molar-refractivity contribution is 5.45. The van der Waals surface area contributed by atoms with Gasteiger partial charge in [-0.1, -0.05) is 29.8 Å². The van der Waals surface area contributed by atoms with Crippen LogP contribution in [-0.2, 0) is 0 Å². The van der Waals surface area contributed by atoms with Crippen LogP contribution in [-0.4, -0.2) is 20.6 Å². The maximum Gasteiger partial charge on any atom is 0.123 e. The SMILES string of the molecule is CNC(CCN(C)c1ccc(F)cc1)c1ccc(C)cc1. The molecule has 0 aromatic heterocycles. The van der Waals surface area contributed by atoms with Crippen LogP contribution in [0.15, 0.2) is 48.5 Å². The van der Waals surface area contributed by atoms with Crippen LogP contribution in [0, 0.1) is 12.7 Å². The van der Waals surface area contributed by atoms with Gasteiger partial charge in [-0.15, -0.1) is 0 Å². The van der Waals surface area contributed by atoms with Crippen molar-refractivity contribution < 1.29 is 4.39 Å². The van der Waals surface area contributed by atoms with Crippen molar-refractivity contribution in [3.63, 3.8) is 0 Å².